The van der Waals surface area contributed by atoms with Gasteiger partial charge in [-0.1, -0.05) is 0 Å². The SMILES string of the molecule is OB(O)O.OB(O)O.OB(O)O.OB(O)O.[N-]=[N+]=[N-]. The van der Waals surface area contributed by atoms with Gasteiger partial charge < -0.3 is 71.4 Å². The lowest BCUT2D eigenvalue weighted by Gasteiger charge is -1.69. The second kappa shape index (κ2) is 30.3. The first-order valence-electron chi connectivity index (χ1n) is 3.50. The fourth-order valence-corrected chi connectivity index (χ4v) is 0. The molecule has 0 amide bonds. The summed E-state index contributed by atoms with van der Waals surface area (Å²) in [5, 5.41) is 86.0. The van der Waals surface area contributed by atoms with Gasteiger partial charge in [-0.05, 0) is 0 Å². The second-order valence-electron chi connectivity index (χ2n) is 1.48. The summed E-state index contributed by atoms with van der Waals surface area (Å²) in [7, 11) is -8.67. The van der Waals surface area contributed by atoms with Crippen LogP contribution < -0.4 is 0 Å². The minimum absolute atomic E-state index is 1.50. The first kappa shape index (κ1) is 30.8. The van der Waals surface area contributed by atoms with E-state index in [9.17, 15) is 0 Å². The zero-order valence-electron chi connectivity index (χ0n) is 9.02. The van der Waals surface area contributed by atoms with E-state index in [1.165, 1.54) is 4.91 Å². The third-order valence-electron chi connectivity index (χ3n) is 0. The molecule has 0 aromatic heterocycles. The van der Waals surface area contributed by atoms with Crippen LogP contribution in [0.3, 0.4) is 0 Å². The maximum Gasteiger partial charge on any atom is 0.631 e. The summed E-state index contributed by atoms with van der Waals surface area (Å²) in [5.41, 5.74) is 13.5. The molecule has 0 aliphatic rings. The van der Waals surface area contributed by atoms with Crippen LogP contribution in [-0.2, 0) is 0 Å². The Balaban J connectivity index is -0.0000000432. The van der Waals surface area contributed by atoms with Crippen molar-refractivity contribution in [3.63, 3.8) is 0 Å². The molecule has 0 aliphatic heterocycles. The Morgan fingerprint density at radius 1 is 0.421 bits per heavy atom. The van der Waals surface area contributed by atoms with Crippen molar-refractivity contribution in [1.29, 1.82) is 0 Å². The lowest BCUT2D eigenvalue weighted by Crippen LogP contribution is -2.07. The van der Waals surface area contributed by atoms with Gasteiger partial charge in [-0.15, -0.1) is 0 Å². The van der Waals surface area contributed by atoms with Gasteiger partial charge in [0.15, 0.2) is 0 Å². The molecule has 0 aromatic carbocycles. The Kier molecular flexibility index (Phi) is 49.1. The van der Waals surface area contributed by atoms with Gasteiger partial charge in [0, 0.05) is 0 Å². The van der Waals surface area contributed by atoms with Gasteiger partial charge in [0.05, 0.1) is 0 Å². The molecule has 15 nitrogen and oxygen atoms in total. The Hall–Kier alpha value is -0.910. The van der Waals surface area contributed by atoms with E-state index < -0.39 is 29.3 Å². The highest BCUT2D eigenvalue weighted by atomic mass is 16.5. The van der Waals surface area contributed by atoms with Crippen LogP contribution in [0.1, 0.15) is 0 Å². The maximum absolute atomic E-state index is 7.17. The van der Waals surface area contributed by atoms with E-state index in [-0.39, 0.29) is 0 Å². The number of hydrogen-bond acceptors (Lipinski definition) is 12. The lowest BCUT2D eigenvalue weighted by molar-refractivity contribution is 0.276. The first-order chi connectivity index (χ1) is 8.34. The van der Waals surface area contributed by atoms with E-state index in [1.54, 1.807) is 0 Å². The molecule has 0 radical (unpaired) electrons. The fraction of sp³-hybridized carbons (Fsp3) is 0. The summed E-state index contributed by atoms with van der Waals surface area (Å²) in [6, 6.07) is 0. The third kappa shape index (κ3) is 4700. The molecule has 0 bridgehead atoms. The van der Waals surface area contributed by atoms with Crippen LogP contribution in [0.25, 0.3) is 16.0 Å². The van der Waals surface area contributed by atoms with Crippen molar-refractivity contribution in [3.8, 4) is 0 Å². The molecule has 0 atom stereocenters. The topological polar surface area (TPSA) is 301 Å². The number of rotatable bonds is 0. The molecule has 19 heavy (non-hydrogen) atoms. The van der Waals surface area contributed by atoms with E-state index in [4.69, 9.17) is 71.4 Å². The Morgan fingerprint density at radius 3 is 0.421 bits per heavy atom. The van der Waals surface area contributed by atoms with Crippen molar-refractivity contribution in [2.24, 2.45) is 0 Å². The standard InChI is InChI=1S/4BH3O3.N3/c4*2-1(3)4;1-3-2/h4*2-4H;/q;;;;-1. The smallest absolute Gasteiger partial charge is 0.402 e. The van der Waals surface area contributed by atoms with Crippen LogP contribution in [-0.4, -0.2) is 89.6 Å². The molecule has 0 aromatic rings. The van der Waals surface area contributed by atoms with Gasteiger partial charge in [0.1, 0.15) is 0 Å². The predicted molar refractivity (Wildman–Crippen MR) is 59.7 cm³/mol. The molecule has 19 heteroatoms. The summed E-state index contributed by atoms with van der Waals surface area (Å²) in [6.07, 6.45) is 0. The maximum atomic E-state index is 7.17. The van der Waals surface area contributed by atoms with Crippen LogP contribution in [0.5, 0.6) is 0 Å². The predicted octanol–water partition coefficient (Wildman–Crippen LogP) is -7.34. The molecular formula is H12B4N3O12-. The Bertz CT molecular complexity index is 122. The molecule has 0 spiro atoms. The van der Waals surface area contributed by atoms with Crippen LogP contribution in [0.15, 0.2) is 0 Å². The second-order valence-corrected chi connectivity index (χ2v) is 1.48. The van der Waals surface area contributed by atoms with E-state index in [0.29, 0.717) is 0 Å². The van der Waals surface area contributed by atoms with Crippen molar-refractivity contribution < 1.29 is 60.3 Å². The normalized spacial score (nSPS) is 6.11. The van der Waals surface area contributed by atoms with Crippen molar-refractivity contribution >= 4 is 29.3 Å². The van der Waals surface area contributed by atoms with Crippen molar-refractivity contribution in [2.45, 2.75) is 0 Å². The molecule has 0 aliphatic carbocycles. The quantitative estimate of drug-likeness (QED) is 0.0855. The molecule has 0 rings (SSSR count). The monoisotopic (exact) mass is 290 g/mol. The van der Waals surface area contributed by atoms with Gasteiger partial charge in [-0.2, -0.15) is 0 Å². The summed E-state index contributed by atoms with van der Waals surface area (Å²) in [6.45, 7) is 0. The Morgan fingerprint density at radius 2 is 0.421 bits per heavy atom. The highest BCUT2D eigenvalue weighted by Gasteiger charge is 1.93. The molecule has 0 heterocycles. The fourth-order valence-electron chi connectivity index (χ4n) is 0. The van der Waals surface area contributed by atoms with E-state index in [1.807, 2.05) is 0 Å². The Labute approximate surface area is 107 Å². The first-order valence-corrected chi connectivity index (χ1v) is 3.50. The number of nitrogens with zero attached hydrogens (tertiary/aromatic N) is 3. The van der Waals surface area contributed by atoms with Crippen LogP contribution in [0.2, 0.25) is 0 Å². The highest BCUT2D eigenvalue weighted by molar-refractivity contribution is 6.31. The van der Waals surface area contributed by atoms with Gasteiger partial charge in [-0.25, -0.2) is 0 Å². The van der Waals surface area contributed by atoms with Crippen LogP contribution in [0, 0.1) is 0 Å². The minimum atomic E-state index is -2.17. The van der Waals surface area contributed by atoms with Gasteiger partial charge in [0.2, 0.25) is 0 Å². The lowest BCUT2D eigenvalue weighted by atomic mass is 10.3. The van der Waals surface area contributed by atoms with Gasteiger partial charge in [-0.3, -0.25) is 4.91 Å². The summed E-state index contributed by atoms with van der Waals surface area (Å²) in [4.78, 5) is 1.50. The summed E-state index contributed by atoms with van der Waals surface area (Å²) in [5.74, 6) is 0. The van der Waals surface area contributed by atoms with Gasteiger partial charge >= 0.3 is 29.3 Å². The van der Waals surface area contributed by atoms with Crippen molar-refractivity contribution in [3.05, 3.63) is 16.0 Å². The molecule has 0 saturated carbocycles. The van der Waals surface area contributed by atoms with E-state index in [2.05, 4.69) is 0 Å². The molecule has 12 N–H and O–H groups in total. The average Bonchev–Trinajstić information content (AvgIpc) is 1.97. The minimum Gasteiger partial charge on any atom is -0.402 e. The molecule has 0 unspecified atom stereocenters. The van der Waals surface area contributed by atoms with E-state index in [0.717, 1.165) is 0 Å². The largest absolute Gasteiger partial charge is 0.631 e. The highest BCUT2D eigenvalue weighted by Crippen LogP contribution is 1.41. The molecule has 0 saturated heterocycles. The number of hydrogen-bond donors (Lipinski definition) is 12. The van der Waals surface area contributed by atoms with Crippen molar-refractivity contribution in [1.82, 2.24) is 0 Å². The van der Waals surface area contributed by atoms with E-state index >= 15 is 0 Å². The van der Waals surface area contributed by atoms with Gasteiger partial charge in [0.25, 0.3) is 0 Å². The molecular weight excluding hydrogens is 277 g/mol. The zero-order chi connectivity index (χ0) is 17.0. The zero-order valence-corrected chi connectivity index (χ0v) is 9.02. The van der Waals surface area contributed by atoms with Crippen molar-refractivity contribution in [2.75, 3.05) is 0 Å². The third-order valence-corrected chi connectivity index (χ3v) is 0. The summed E-state index contributed by atoms with van der Waals surface area (Å²) < 4.78 is 0. The average molecular weight is 289 g/mol. The summed E-state index contributed by atoms with van der Waals surface area (Å²) >= 11 is 0. The van der Waals surface area contributed by atoms with Crippen LogP contribution >= 0.6 is 0 Å². The molecule has 112 valence electrons. The molecule has 0 fully saturated rings. The van der Waals surface area contributed by atoms with Crippen LogP contribution in [0.4, 0.5) is 0 Å².